The molecule has 152 valence electrons. The normalized spacial score (nSPS) is 11.3. The highest BCUT2D eigenvalue weighted by Crippen LogP contribution is 2.29. The molecule has 0 aliphatic heterocycles. The van der Waals surface area contributed by atoms with Crippen LogP contribution in [0.4, 0.5) is 0 Å². The van der Waals surface area contributed by atoms with E-state index < -0.39 is 5.97 Å². The number of aryl methyl sites for hydroxylation is 2. The number of benzene rings is 1. The van der Waals surface area contributed by atoms with Gasteiger partial charge in [0.2, 0.25) is 0 Å². The minimum absolute atomic E-state index is 0.110. The van der Waals surface area contributed by atoms with Crippen LogP contribution < -0.4 is 9.13 Å². The highest BCUT2D eigenvalue weighted by molar-refractivity contribution is 5.93. The summed E-state index contributed by atoms with van der Waals surface area (Å²) in [5.74, 6) is -0.307. The Kier molecular flexibility index (Phi) is 6.75. The molecular weight excluding hydrogens is 376 g/mol. The number of aromatic hydroxyl groups is 1. The number of pyridine rings is 2. The summed E-state index contributed by atoms with van der Waals surface area (Å²) in [5.41, 5.74) is 3.47. The molecule has 5 nitrogen and oxygen atoms in total. The molecule has 0 saturated heterocycles. The zero-order valence-electron chi connectivity index (χ0n) is 17.4. The van der Waals surface area contributed by atoms with Gasteiger partial charge in [-0.15, -0.1) is 0 Å². The van der Waals surface area contributed by atoms with Crippen LogP contribution in [0, 0.1) is 0 Å². The fourth-order valence-electron chi connectivity index (χ4n) is 2.89. The van der Waals surface area contributed by atoms with Crippen molar-refractivity contribution in [3.63, 3.8) is 0 Å². The lowest BCUT2D eigenvalue weighted by Crippen LogP contribution is -2.25. The average molecular weight is 402 g/mol. The topological polar surface area (TPSA) is 54.3 Å². The number of aromatic nitrogens is 2. The second kappa shape index (κ2) is 9.65. The molecule has 0 radical (unpaired) electrons. The Labute approximate surface area is 176 Å². The lowest BCUT2D eigenvalue weighted by molar-refractivity contribution is -0.671. The molecule has 0 aliphatic carbocycles. The van der Waals surface area contributed by atoms with Crippen LogP contribution in [0.3, 0.4) is 0 Å². The van der Waals surface area contributed by atoms with E-state index in [-0.39, 0.29) is 12.4 Å². The molecule has 5 heteroatoms. The summed E-state index contributed by atoms with van der Waals surface area (Å²) < 4.78 is 9.05. The number of hydrogen-bond donors (Lipinski definition) is 1. The number of ether oxygens (including phenoxy) is 1. The molecular formula is C25H26N2O3+2. The van der Waals surface area contributed by atoms with E-state index in [0.29, 0.717) is 16.7 Å². The zero-order chi connectivity index (χ0) is 21.5. The first-order valence-corrected chi connectivity index (χ1v) is 9.77. The Morgan fingerprint density at radius 3 is 1.70 bits per heavy atom. The maximum absolute atomic E-state index is 12.3. The third kappa shape index (κ3) is 5.41. The van der Waals surface area contributed by atoms with Crippen molar-refractivity contribution in [2.75, 3.05) is 6.61 Å². The fraction of sp³-hybridized carbons (Fsp3) is 0.160. The van der Waals surface area contributed by atoms with Gasteiger partial charge in [-0.25, -0.2) is 13.9 Å². The summed E-state index contributed by atoms with van der Waals surface area (Å²) in [6.07, 6.45) is 15.2. The van der Waals surface area contributed by atoms with E-state index in [0.717, 1.165) is 11.1 Å². The quantitative estimate of drug-likeness (QED) is 0.507. The number of carbonyl (C=O) groups is 1. The third-order valence-electron chi connectivity index (χ3n) is 4.60. The highest BCUT2D eigenvalue weighted by Gasteiger charge is 2.13. The maximum Gasteiger partial charge on any atom is 0.338 e. The molecule has 0 amide bonds. The van der Waals surface area contributed by atoms with Crippen molar-refractivity contribution < 1.29 is 23.8 Å². The van der Waals surface area contributed by atoms with Crippen LogP contribution in [0.1, 0.15) is 39.5 Å². The first-order valence-electron chi connectivity index (χ1n) is 9.77. The van der Waals surface area contributed by atoms with E-state index in [1.54, 1.807) is 31.2 Å². The number of hydrogen-bond acceptors (Lipinski definition) is 3. The van der Waals surface area contributed by atoms with E-state index >= 15 is 0 Å². The highest BCUT2D eigenvalue weighted by atomic mass is 16.5. The van der Waals surface area contributed by atoms with Gasteiger partial charge in [-0.05, 0) is 30.2 Å². The Hall–Kier alpha value is -3.73. The predicted molar refractivity (Wildman–Crippen MR) is 117 cm³/mol. The van der Waals surface area contributed by atoms with Gasteiger partial charge in [0.15, 0.2) is 24.8 Å². The van der Waals surface area contributed by atoms with E-state index in [1.165, 1.54) is 0 Å². The monoisotopic (exact) mass is 402 g/mol. The molecule has 3 rings (SSSR count). The van der Waals surface area contributed by atoms with Gasteiger partial charge in [0, 0.05) is 35.4 Å². The van der Waals surface area contributed by atoms with Crippen molar-refractivity contribution in [1.29, 1.82) is 0 Å². The molecule has 0 saturated carbocycles. The second-order valence-electron chi connectivity index (χ2n) is 6.98. The lowest BCUT2D eigenvalue weighted by atomic mass is 10.0. The summed E-state index contributed by atoms with van der Waals surface area (Å²) in [7, 11) is 3.90. The first kappa shape index (κ1) is 21.0. The predicted octanol–water partition coefficient (Wildman–Crippen LogP) is 3.56. The fourth-order valence-corrected chi connectivity index (χ4v) is 2.89. The van der Waals surface area contributed by atoms with Crippen molar-refractivity contribution >= 4 is 30.3 Å². The van der Waals surface area contributed by atoms with E-state index in [9.17, 15) is 9.90 Å². The first-order chi connectivity index (χ1) is 14.5. The van der Waals surface area contributed by atoms with Gasteiger partial charge < -0.3 is 9.84 Å². The number of nitrogens with zero attached hydrogens (tertiary/aromatic N) is 2. The van der Waals surface area contributed by atoms with Crippen LogP contribution in [-0.4, -0.2) is 17.7 Å². The summed E-state index contributed by atoms with van der Waals surface area (Å²) in [6.45, 7) is 2.06. The van der Waals surface area contributed by atoms with Crippen LogP contribution in [0.5, 0.6) is 5.75 Å². The van der Waals surface area contributed by atoms with Crippen molar-refractivity contribution in [3.05, 3.63) is 89.0 Å². The summed E-state index contributed by atoms with van der Waals surface area (Å²) in [5, 5.41) is 10.8. The molecule has 2 heterocycles. The number of phenolic OH excluding ortho intramolecular Hbond substituents is 1. The van der Waals surface area contributed by atoms with E-state index in [2.05, 4.69) is 0 Å². The smallest absolute Gasteiger partial charge is 0.338 e. The molecule has 0 bridgehead atoms. The van der Waals surface area contributed by atoms with E-state index in [4.69, 9.17) is 4.74 Å². The molecule has 0 spiro atoms. The van der Waals surface area contributed by atoms with Gasteiger partial charge in [-0.1, -0.05) is 24.3 Å². The summed E-state index contributed by atoms with van der Waals surface area (Å²) >= 11 is 0. The van der Waals surface area contributed by atoms with Crippen molar-refractivity contribution in [1.82, 2.24) is 0 Å². The van der Waals surface area contributed by atoms with Crippen LogP contribution in [-0.2, 0) is 18.8 Å². The third-order valence-corrected chi connectivity index (χ3v) is 4.60. The molecule has 30 heavy (non-hydrogen) atoms. The number of carbonyl (C=O) groups excluding carboxylic acids is 1. The van der Waals surface area contributed by atoms with E-state index in [1.807, 2.05) is 84.4 Å². The van der Waals surface area contributed by atoms with Crippen LogP contribution in [0.15, 0.2) is 61.2 Å². The number of phenols is 1. The largest absolute Gasteiger partial charge is 0.507 e. The Morgan fingerprint density at radius 2 is 1.30 bits per heavy atom. The second-order valence-corrected chi connectivity index (χ2v) is 6.98. The SMILES string of the molecule is CCOC(=O)c1cc(C=Cc2cc[n+](C)cc2)c(O)c(C=Cc2cc[n+](C)cc2)c1. The number of esters is 1. The molecule has 0 atom stereocenters. The van der Waals surface area contributed by atoms with Crippen molar-refractivity contribution in [2.24, 2.45) is 14.1 Å². The standard InChI is InChI=1S/C25H25N2O3/c1-4-30-25(29)23-17-21(7-5-19-9-13-26(2)14-10-19)24(28)22(18-23)8-6-20-11-15-27(3)16-12-20/h5-18H,4H2,1-3H3/q+1/p+1. The minimum atomic E-state index is -0.416. The maximum atomic E-state index is 12.3. The van der Waals surface area contributed by atoms with Crippen molar-refractivity contribution in [2.45, 2.75) is 6.92 Å². The molecule has 0 unspecified atom stereocenters. The summed E-state index contributed by atoms with van der Waals surface area (Å²) in [4.78, 5) is 12.3. The van der Waals surface area contributed by atoms with Crippen LogP contribution >= 0.6 is 0 Å². The van der Waals surface area contributed by atoms with Gasteiger partial charge in [0.05, 0.1) is 12.2 Å². The van der Waals surface area contributed by atoms with Crippen LogP contribution in [0.25, 0.3) is 24.3 Å². The van der Waals surface area contributed by atoms with Gasteiger partial charge in [-0.2, -0.15) is 0 Å². The Balaban J connectivity index is 1.99. The van der Waals surface area contributed by atoms with Gasteiger partial charge in [0.25, 0.3) is 0 Å². The minimum Gasteiger partial charge on any atom is -0.507 e. The van der Waals surface area contributed by atoms with Gasteiger partial charge in [-0.3, -0.25) is 0 Å². The molecule has 1 aromatic carbocycles. The average Bonchev–Trinajstić information content (AvgIpc) is 2.74. The van der Waals surface area contributed by atoms with Gasteiger partial charge in [0.1, 0.15) is 19.8 Å². The zero-order valence-corrected chi connectivity index (χ0v) is 17.4. The van der Waals surface area contributed by atoms with Crippen molar-refractivity contribution in [3.8, 4) is 5.75 Å². The molecule has 3 aromatic rings. The molecule has 0 aliphatic rings. The Bertz CT molecular complexity index is 1010. The molecule has 1 N–H and O–H groups in total. The van der Waals surface area contributed by atoms with Crippen LogP contribution in [0.2, 0.25) is 0 Å². The number of rotatable bonds is 6. The lowest BCUT2D eigenvalue weighted by Gasteiger charge is -2.09. The summed E-state index contributed by atoms with van der Waals surface area (Å²) in [6, 6.07) is 11.2. The Morgan fingerprint density at radius 1 is 0.867 bits per heavy atom. The molecule has 0 fully saturated rings. The van der Waals surface area contributed by atoms with Gasteiger partial charge >= 0.3 is 5.97 Å². The molecule has 2 aromatic heterocycles.